The van der Waals surface area contributed by atoms with E-state index in [9.17, 15) is 4.79 Å². The Bertz CT molecular complexity index is 881. The molecule has 0 bridgehead atoms. The van der Waals surface area contributed by atoms with Gasteiger partial charge in [-0.3, -0.25) is 4.79 Å². The Hall–Kier alpha value is -0.850. The van der Waals surface area contributed by atoms with E-state index >= 15 is 0 Å². The van der Waals surface area contributed by atoms with Crippen molar-refractivity contribution < 1.29 is 4.79 Å². The fourth-order valence-electron chi connectivity index (χ4n) is 2.76. The summed E-state index contributed by atoms with van der Waals surface area (Å²) < 4.78 is 2.62. The summed E-state index contributed by atoms with van der Waals surface area (Å²) in [6, 6.07) is 3.85. The van der Waals surface area contributed by atoms with E-state index in [-0.39, 0.29) is 16.6 Å². The van der Waals surface area contributed by atoms with Gasteiger partial charge in [0.15, 0.2) is 5.78 Å². The zero-order valence-corrected chi connectivity index (χ0v) is 22.0. The molecule has 0 amide bonds. The molecule has 0 radical (unpaired) electrons. The highest BCUT2D eigenvalue weighted by atomic mass is 79.9. The minimum atomic E-state index is -0.248. The van der Waals surface area contributed by atoms with E-state index < -0.39 is 0 Å². The normalized spacial score (nSPS) is 15.8. The first kappa shape index (κ1) is 23.4. The molecule has 0 saturated carbocycles. The predicted molar refractivity (Wildman–Crippen MR) is 127 cm³/mol. The van der Waals surface area contributed by atoms with Crippen molar-refractivity contribution in [3.05, 3.63) is 60.1 Å². The van der Waals surface area contributed by atoms with Gasteiger partial charge in [-0.05, 0) is 79.5 Å². The van der Waals surface area contributed by atoms with Crippen LogP contribution >= 0.6 is 47.8 Å². The largest absolute Gasteiger partial charge is 0.289 e. The van der Waals surface area contributed by atoms with Crippen LogP contribution in [-0.2, 0) is 4.79 Å². The third-order valence-electron chi connectivity index (χ3n) is 4.40. The van der Waals surface area contributed by atoms with Crippen molar-refractivity contribution in [3.8, 4) is 0 Å². The Kier molecular flexibility index (Phi) is 7.10. The second-order valence-corrected chi connectivity index (χ2v) is 11.5. The maximum absolute atomic E-state index is 13.1. The number of carbonyl (C=O) groups is 1. The summed E-state index contributed by atoms with van der Waals surface area (Å²) in [5.74, 6) is 0.117. The molecule has 2 rings (SSSR count). The lowest BCUT2D eigenvalue weighted by atomic mass is 9.72. The van der Waals surface area contributed by atoms with Crippen molar-refractivity contribution in [2.45, 2.75) is 48.5 Å². The van der Waals surface area contributed by atoms with Crippen LogP contribution in [0.2, 0.25) is 0 Å². The fraction of sp³-hybridized carbons (Fsp3) is 0.409. The van der Waals surface area contributed by atoms with Gasteiger partial charge in [0, 0.05) is 24.6 Å². The lowest BCUT2D eigenvalue weighted by molar-refractivity contribution is -0.114. The summed E-state index contributed by atoms with van der Waals surface area (Å²) in [6.45, 7) is 14.3. The maximum atomic E-state index is 13.1. The van der Waals surface area contributed by atoms with Gasteiger partial charge >= 0.3 is 0 Å². The average molecular weight is 573 g/mol. The van der Waals surface area contributed by atoms with Gasteiger partial charge in [0.05, 0.1) is 5.70 Å². The zero-order valence-electron chi connectivity index (χ0n) is 17.2. The molecule has 0 heterocycles. The summed E-state index contributed by atoms with van der Waals surface area (Å²) in [6.07, 6.45) is 3.91. The third kappa shape index (κ3) is 5.39. The van der Waals surface area contributed by atoms with Crippen LogP contribution < -0.4 is 0 Å². The van der Waals surface area contributed by atoms with Gasteiger partial charge in [-0.2, -0.15) is 5.11 Å². The summed E-state index contributed by atoms with van der Waals surface area (Å²) in [7, 11) is 0. The predicted octanol–water partition coefficient (Wildman–Crippen LogP) is 8.86. The molecule has 1 aromatic carbocycles. The van der Waals surface area contributed by atoms with Crippen LogP contribution in [-0.4, -0.2) is 5.78 Å². The summed E-state index contributed by atoms with van der Waals surface area (Å²) in [5, 5.41) is 8.88. The van der Waals surface area contributed by atoms with Crippen molar-refractivity contribution in [2.75, 3.05) is 0 Å². The Morgan fingerprint density at radius 1 is 0.857 bits per heavy atom. The molecule has 0 unspecified atom stereocenters. The minimum absolute atomic E-state index is 0.117. The first-order valence-electron chi connectivity index (χ1n) is 8.98. The lowest BCUT2D eigenvalue weighted by Crippen LogP contribution is -2.28. The van der Waals surface area contributed by atoms with Crippen LogP contribution in [0.3, 0.4) is 0 Å². The van der Waals surface area contributed by atoms with E-state index in [0.29, 0.717) is 0 Å². The highest BCUT2D eigenvalue weighted by Gasteiger charge is 2.34. The van der Waals surface area contributed by atoms with Crippen molar-refractivity contribution >= 4 is 59.3 Å². The standard InChI is InChI=1S/C22H25Br3N2O/c1-12(26-27-19-17(24)10-14(23)11-18(19)25)13-8-15(21(2,3)4)20(28)16(9-13)22(5,6)7/h8-11H,1-7H3. The number of benzene rings is 1. The first-order valence-corrected chi connectivity index (χ1v) is 11.4. The highest BCUT2D eigenvalue weighted by molar-refractivity contribution is 9.11. The molecular weight excluding hydrogens is 548 g/mol. The SMILES string of the molecule is CC(N=Nc1c(Br)cc(Br)cc1Br)=C1C=C(C(C)(C)C)C(=O)C(C(C)(C)C)=C1. The van der Waals surface area contributed by atoms with E-state index in [1.807, 2.05) is 31.2 Å². The molecule has 0 saturated heterocycles. The molecule has 1 aliphatic carbocycles. The van der Waals surface area contributed by atoms with Gasteiger partial charge in [0.1, 0.15) is 5.69 Å². The smallest absolute Gasteiger partial charge is 0.186 e. The number of rotatable bonds is 2. The monoisotopic (exact) mass is 570 g/mol. The summed E-state index contributed by atoms with van der Waals surface area (Å²) in [4.78, 5) is 13.1. The number of nitrogens with zero attached hydrogens (tertiary/aromatic N) is 2. The molecule has 28 heavy (non-hydrogen) atoms. The number of hydrogen-bond donors (Lipinski definition) is 0. The van der Waals surface area contributed by atoms with Gasteiger partial charge < -0.3 is 0 Å². The van der Waals surface area contributed by atoms with Gasteiger partial charge in [-0.15, -0.1) is 5.11 Å². The first-order chi connectivity index (χ1) is 12.7. The van der Waals surface area contributed by atoms with Crippen LogP contribution in [0, 0.1) is 10.8 Å². The van der Waals surface area contributed by atoms with Gasteiger partial charge in [-0.1, -0.05) is 57.5 Å². The summed E-state index contributed by atoms with van der Waals surface area (Å²) in [5.41, 5.74) is 3.51. The molecule has 0 aliphatic heterocycles. The molecular formula is C22H25Br3N2O. The second-order valence-electron chi connectivity index (χ2n) is 8.90. The van der Waals surface area contributed by atoms with E-state index in [4.69, 9.17) is 0 Å². The van der Waals surface area contributed by atoms with Crippen molar-refractivity contribution in [2.24, 2.45) is 21.1 Å². The van der Waals surface area contributed by atoms with Crippen molar-refractivity contribution in [3.63, 3.8) is 0 Å². The molecule has 0 N–H and O–H groups in total. The number of allylic oxidation sites excluding steroid dienone is 6. The summed E-state index contributed by atoms with van der Waals surface area (Å²) >= 11 is 10.5. The quantitative estimate of drug-likeness (QED) is 0.326. The molecule has 0 aromatic heterocycles. The molecule has 0 fully saturated rings. The number of azo groups is 1. The third-order valence-corrected chi connectivity index (χ3v) is 6.07. The van der Waals surface area contributed by atoms with Crippen LogP contribution in [0.1, 0.15) is 48.5 Å². The molecule has 6 heteroatoms. The van der Waals surface area contributed by atoms with E-state index in [0.717, 1.165) is 41.5 Å². The Labute approximate surface area is 192 Å². The van der Waals surface area contributed by atoms with E-state index in [2.05, 4.69) is 99.6 Å². The molecule has 1 aliphatic rings. The Balaban J connectivity index is 2.58. The number of Topliss-reactive ketones (excluding diaryl/α,β-unsaturated/α-hetero) is 1. The van der Waals surface area contributed by atoms with Gasteiger partial charge in [-0.25, -0.2) is 0 Å². The molecule has 150 valence electrons. The average Bonchev–Trinajstić information content (AvgIpc) is 2.51. The number of halogens is 3. The minimum Gasteiger partial charge on any atom is -0.289 e. The molecule has 0 atom stereocenters. The van der Waals surface area contributed by atoms with Gasteiger partial charge in [0.2, 0.25) is 0 Å². The topological polar surface area (TPSA) is 41.8 Å². The van der Waals surface area contributed by atoms with E-state index in [1.54, 1.807) is 0 Å². The Morgan fingerprint density at radius 2 is 1.29 bits per heavy atom. The number of ketones is 1. The second kappa shape index (κ2) is 8.49. The number of hydrogen-bond acceptors (Lipinski definition) is 3. The zero-order chi connectivity index (χ0) is 21.4. The van der Waals surface area contributed by atoms with Crippen molar-refractivity contribution in [1.29, 1.82) is 0 Å². The van der Waals surface area contributed by atoms with Crippen LogP contribution in [0.15, 0.2) is 70.3 Å². The van der Waals surface area contributed by atoms with Crippen LogP contribution in [0.4, 0.5) is 5.69 Å². The molecule has 3 nitrogen and oxygen atoms in total. The lowest BCUT2D eigenvalue weighted by Gasteiger charge is -2.31. The van der Waals surface area contributed by atoms with Crippen LogP contribution in [0.25, 0.3) is 0 Å². The van der Waals surface area contributed by atoms with E-state index in [1.165, 1.54) is 0 Å². The highest BCUT2D eigenvalue weighted by Crippen LogP contribution is 2.40. The molecule has 1 aromatic rings. The van der Waals surface area contributed by atoms with Gasteiger partial charge in [0.25, 0.3) is 0 Å². The Morgan fingerprint density at radius 3 is 1.68 bits per heavy atom. The fourth-order valence-corrected chi connectivity index (χ4v) is 5.18. The van der Waals surface area contributed by atoms with Crippen LogP contribution in [0.5, 0.6) is 0 Å². The number of carbonyl (C=O) groups excluding carboxylic acids is 1. The van der Waals surface area contributed by atoms with Crippen molar-refractivity contribution in [1.82, 2.24) is 0 Å². The maximum Gasteiger partial charge on any atom is 0.186 e. The molecule has 0 spiro atoms.